The smallest absolute Gasteiger partial charge is 0.333 e. The fourth-order valence-corrected chi connectivity index (χ4v) is 2.32. The van der Waals surface area contributed by atoms with Gasteiger partial charge >= 0.3 is 6.03 Å². The lowest BCUT2D eigenvalue weighted by atomic mass is 10.1. The molecule has 2 rings (SSSR count). The van der Waals surface area contributed by atoms with Crippen LogP contribution in [-0.2, 0) is 9.59 Å². The molecule has 1 heterocycles. The van der Waals surface area contributed by atoms with Crippen molar-refractivity contribution in [2.24, 2.45) is 0 Å². The molecule has 0 unspecified atom stereocenters. The monoisotopic (exact) mass is 278 g/mol. The lowest BCUT2D eigenvalue weighted by Crippen LogP contribution is -2.53. The van der Waals surface area contributed by atoms with Gasteiger partial charge in [0.2, 0.25) is 0 Å². The fourth-order valence-electron chi connectivity index (χ4n) is 2.32. The van der Waals surface area contributed by atoms with Crippen LogP contribution in [0.4, 0.5) is 4.79 Å². The largest absolute Gasteiger partial charge is 0.375 e. The van der Waals surface area contributed by atoms with E-state index in [0.717, 1.165) is 21.2 Å². The second-order valence-electron chi connectivity index (χ2n) is 5.25. The normalized spacial score (nSPS) is 19.2. The molecule has 20 heavy (non-hydrogen) atoms. The Kier molecular flexibility index (Phi) is 3.08. The molecule has 0 aromatic carbocycles. The van der Waals surface area contributed by atoms with E-state index in [9.17, 15) is 14.4 Å². The fraction of sp³-hybridized carbons (Fsp3) is 0.462. The van der Waals surface area contributed by atoms with Gasteiger partial charge < -0.3 is 9.80 Å². The number of amides is 4. The summed E-state index contributed by atoms with van der Waals surface area (Å²) in [5, 5.41) is 0. The highest BCUT2D eigenvalue weighted by Gasteiger charge is 2.47. The number of allylic oxidation sites excluding steroid dienone is 2. The predicted molar refractivity (Wildman–Crippen MR) is 72.4 cm³/mol. The summed E-state index contributed by atoms with van der Waals surface area (Å²) >= 11 is 0. The second kappa shape index (κ2) is 4.36. The number of urea groups is 1. The number of likely N-dealkylation sites (N-methyl/N-ethyl adjacent to an activating group) is 4. The van der Waals surface area contributed by atoms with E-state index in [1.54, 1.807) is 0 Å². The molecule has 1 aliphatic heterocycles. The zero-order chi connectivity index (χ0) is 15.4. The zero-order valence-corrected chi connectivity index (χ0v) is 12.5. The van der Waals surface area contributed by atoms with E-state index in [1.807, 2.05) is 38.0 Å². The molecule has 108 valence electrons. The van der Waals surface area contributed by atoms with Crippen LogP contribution in [0.3, 0.4) is 0 Å². The van der Waals surface area contributed by atoms with Crippen molar-refractivity contribution in [3.63, 3.8) is 0 Å². The summed E-state index contributed by atoms with van der Waals surface area (Å²) in [4.78, 5) is 41.8. The maximum Gasteiger partial charge on any atom is 0.333 e. The third kappa shape index (κ3) is 1.77. The van der Waals surface area contributed by atoms with Crippen LogP contribution in [0, 0.1) is 0 Å². The SMILES string of the molecule is CN(C)C1=C(N(C)C)C1=C1C(=O)N(C)C(=O)N(C)C1=O. The van der Waals surface area contributed by atoms with Crippen LogP contribution in [0.5, 0.6) is 0 Å². The summed E-state index contributed by atoms with van der Waals surface area (Å²) in [5.74, 6) is -1.10. The van der Waals surface area contributed by atoms with Gasteiger partial charge in [-0.25, -0.2) is 4.79 Å². The van der Waals surface area contributed by atoms with Crippen LogP contribution in [0.2, 0.25) is 0 Å². The van der Waals surface area contributed by atoms with Gasteiger partial charge in [0.1, 0.15) is 5.57 Å². The number of nitrogens with zero attached hydrogens (tertiary/aromatic N) is 4. The van der Waals surface area contributed by atoms with Crippen LogP contribution in [0.15, 0.2) is 22.5 Å². The van der Waals surface area contributed by atoms with Gasteiger partial charge in [0.05, 0.1) is 11.4 Å². The molecule has 2 aliphatic rings. The highest BCUT2D eigenvalue weighted by Crippen LogP contribution is 2.44. The molecule has 1 aliphatic carbocycles. The van der Waals surface area contributed by atoms with Crippen molar-refractivity contribution in [1.29, 1.82) is 0 Å². The molecule has 0 N–H and O–H groups in total. The number of hydrogen-bond acceptors (Lipinski definition) is 5. The van der Waals surface area contributed by atoms with Crippen molar-refractivity contribution < 1.29 is 14.4 Å². The Morgan fingerprint density at radius 2 is 1.05 bits per heavy atom. The molecule has 0 saturated carbocycles. The van der Waals surface area contributed by atoms with Gasteiger partial charge in [-0.3, -0.25) is 19.4 Å². The standard InChI is InChI=1S/C13H18N4O3/c1-14(2)9-7(10(9)15(3)4)8-11(18)16(5)13(20)17(6)12(8)19/h1-6H3. The van der Waals surface area contributed by atoms with Crippen LogP contribution in [0.1, 0.15) is 0 Å². The highest BCUT2D eigenvalue weighted by molar-refractivity contribution is 6.30. The van der Waals surface area contributed by atoms with E-state index in [1.165, 1.54) is 14.1 Å². The van der Waals surface area contributed by atoms with E-state index in [4.69, 9.17) is 0 Å². The molecule has 0 aromatic rings. The van der Waals surface area contributed by atoms with Gasteiger partial charge in [0.15, 0.2) is 0 Å². The summed E-state index contributed by atoms with van der Waals surface area (Å²) in [6, 6.07) is -0.609. The minimum absolute atomic E-state index is 0.0574. The van der Waals surface area contributed by atoms with Crippen LogP contribution >= 0.6 is 0 Å². The Morgan fingerprint density at radius 3 is 1.35 bits per heavy atom. The van der Waals surface area contributed by atoms with Gasteiger partial charge in [-0.1, -0.05) is 0 Å². The molecule has 7 nitrogen and oxygen atoms in total. The maximum absolute atomic E-state index is 12.2. The molecule has 0 radical (unpaired) electrons. The van der Waals surface area contributed by atoms with E-state index in [-0.39, 0.29) is 5.57 Å². The highest BCUT2D eigenvalue weighted by atomic mass is 16.2. The van der Waals surface area contributed by atoms with E-state index >= 15 is 0 Å². The van der Waals surface area contributed by atoms with Gasteiger partial charge in [0.25, 0.3) is 11.8 Å². The lowest BCUT2D eigenvalue weighted by Gasteiger charge is -2.29. The minimum atomic E-state index is -0.609. The zero-order valence-electron chi connectivity index (χ0n) is 12.5. The predicted octanol–water partition coefficient (Wildman–Crippen LogP) is -0.318. The molecule has 0 spiro atoms. The molecule has 1 fully saturated rings. The van der Waals surface area contributed by atoms with Crippen molar-refractivity contribution in [3.8, 4) is 0 Å². The first-order valence-corrected chi connectivity index (χ1v) is 6.14. The van der Waals surface area contributed by atoms with Crippen molar-refractivity contribution in [3.05, 3.63) is 22.5 Å². The third-order valence-electron chi connectivity index (χ3n) is 3.39. The van der Waals surface area contributed by atoms with Gasteiger partial charge in [-0.2, -0.15) is 0 Å². The number of imide groups is 2. The van der Waals surface area contributed by atoms with Crippen molar-refractivity contribution in [2.45, 2.75) is 0 Å². The number of carbonyl (C=O) groups is 3. The summed E-state index contributed by atoms with van der Waals surface area (Å²) in [6.07, 6.45) is 0. The van der Waals surface area contributed by atoms with Crippen molar-refractivity contribution in [2.75, 3.05) is 42.3 Å². The van der Waals surface area contributed by atoms with E-state index < -0.39 is 17.8 Å². The minimum Gasteiger partial charge on any atom is -0.375 e. The molecular formula is C13H18N4O3. The first-order chi connectivity index (χ1) is 9.20. The van der Waals surface area contributed by atoms with E-state index in [2.05, 4.69) is 0 Å². The quantitative estimate of drug-likeness (QED) is 0.512. The number of rotatable bonds is 2. The van der Waals surface area contributed by atoms with Gasteiger partial charge in [0, 0.05) is 47.9 Å². The Labute approximate surface area is 117 Å². The topological polar surface area (TPSA) is 64.2 Å². The summed E-state index contributed by atoms with van der Waals surface area (Å²) < 4.78 is 0. The Balaban J connectivity index is 2.52. The first-order valence-electron chi connectivity index (χ1n) is 6.14. The molecule has 4 amide bonds. The molecule has 0 bridgehead atoms. The number of carbonyl (C=O) groups excluding carboxylic acids is 3. The van der Waals surface area contributed by atoms with Crippen molar-refractivity contribution in [1.82, 2.24) is 19.6 Å². The molecule has 7 heteroatoms. The number of barbiturate groups is 1. The average molecular weight is 278 g/mol. The summed E-state index contributed by atoms with van der Waals surface area (Å²) in [5.41, 5.74) is 2.38. The van der Waals surface area contributed by atoms with Gasteiger partial charge in [-0.15, -0.1) is 0 Å². The Hall–Kier alpha value is -2.31. The maximum atomic E-state index is 12.2. The van der Waals surface area contributed by atoms with Crippen molar-refractivity contribution >= 4 is 17.8 Å². The molecule has 0 aromatic heterocycles. The molecular weight excluding hydrogens is 260 g/mol. The lowest BCUT2D eigenvalue weighted by molar-refractivity contribution is -0.134. The number of hydrogen-bond donors (Lipinski definition) is 0. The summed E-state index contributed by atoms with van der Waals surface area (Å²) in [6.45, 7) is 0. The van der Waals surface area contributed by atoms with Crippen LogP contribution < -0.4 is 0 Å². The van der Waals surface area contributed by atoms with Crippen LogP contribution in [-0.4, -0.2) is 79.7 Å². The Morgan fingerprint density at radius 1 is 0.700 bits per heavy atom. The second-order valence-corrected chi connectivity index (χ2v) is 5.25. The third-order valence-corrected chi connectivity index (χ3v) is 3.39. The average Bonchev–Trinajstić information content (AvgIpc) is 3.10. The van der Waals surface area contributed by atoms with Crippen LogP contribution in [0.25, 0.3) is 0 Å². The first kappa shape index (κ1) is 14.1. The molecule has 0 atom stereocenters. The van der Waals surface area contributed by atoms with Gasteiger partial charge in [-0.05, 0) is 0 Å². The summed E-state index contributed by atoms with van der Waals surface area (Å²) in [7, 11) is 10.2. The van der Waals surface area contributed by atoms with E-state index in [0.29, 0.717) is 5.57 Å². The molecule has 1 saturated heterocycles. The Bertz CT molecular complexity index is 540.